The van der Waals surface area contributed by atoms with E-state index in [1.165, 1.54) is 18.7 Å². The highest BCUT2D eigenvalue weighted by Crippen LogP contribution is 2.41. The van der Waals surface area contributed by atoms with Crippen LogP contribution in [0.2, 0.25) is 0 Å². The minimum Gasteiger partial charge on any atom is -0.364 e. The number of aliphatic imine (C=N–C) groups is 1. The highest BCUT2D eigenvalue weighted by Gasteiger charge is 2.54. The molecule has 0 aliphatic carbocycles. The van der Waals surface area contributed by atoms with Crippen molar-refractivity contribution in [3.8, 4) is 0 Å². The summed E-state index contributed by atoms with van der Waals surface area (Å²) in [4.78, 5) is 48.9. The van der Waals surface area contributed by atoms with E-state index in [-0.39, 0.29) is 34.8 Å². The van der Waals surface area contributed by atoms with Crippen molar-refractivity contribution in [2.24, 2.45) is 16.8 Å². The number of hydrogen-bond donors (Lipinski definition) is 2. The van der Waals surface area contributed by atoms with E-state index in [0.717, 1.165) is 5.56 Å². The zero-order valence-corrected chi connectivity index (χ0v) is 26.3. The van der Waals surface area contributed by atoms with Crippen LogP contribution in [0.15, 0.2) is 71.9 Å². The fraction of sp³-hybridized carbons (Fsp3) is 0.455. The molecule has 0 radical (unpaired) electrons. The number of benzene rings is 2. The topological polar surface area (TPSA) is 102 Å². The van der Waals surface area contributed by atoms with Gasteiger partial charge in [-0.1, -0.05) is 100 Å². The third kappa shape index (κ3) is 6.47. The molecule has 2 N–H and O–H groups in total. The number of aliphatic hydroxyl groups is 1. The molecule has 3 amide bonds. The first kappa shape index (κ1) is 31.5. The number of rotatable bonds is 9. The molecule has 42 heavy (non-hydrogen) atoms. The van der Waals surface area contributed by atoms with E-state index in [0.29, 0.717) is 22.8 Å². The van der Waals surface area contributed by atoms with Crippen LogP contribution in [-0.2, 0) is 20.8 Å². The summed E-state index contributed by atoms with van der Waals surface area (Å²) in [5, 5.41) is 15.8. The molecule has 224 valence electrons. The summed E-state index contributed by atoms with van der Waals surface area (Å²) in [5.74, 6) is -1.49. The summed E-state index contributed by atoms with van der Waals surface area (Å²) in [6, 6.07) is 17.2. The molecule has 0 spiro atoms. The van der Waals surface area contributed by atoms with Crippen LogP contribution in [0, 0.1) is 11.8 Å². The molecule has 2 heterocycles. The van der Waals surface area contributed by atoms with Crippen LogP contribution in [0.3, 0.4) is 0 Å². The lowest BCUT2D eigenvalue weighted by molar-refractivity contribution is -0.150. The Morgan fingerprint density at radius 2 is 1.67 bits per heavy atom. The van der Waals surface area contributed by atoms with Gasteiger partial charge in [0.2, 0.25) is 17.5 Å². The zero-order valence-electron chi connectivity index (χ0n) is 25.5. The molecule has 4 rings (SSSR count). The van der Waals surface area contributed by atoms with Crippen molar-refractivity contribution in [2.75, 3.05) is 6.54 Å². The number of thioether (sulfide) groups is 1. The van der Waals surface area contributed by atoms with Crippen LogP contribution < -0.4 is 5.32 Å². The molecule has 9 heteroatoms. The Kier molecular flexibility index (Phi) is 9.33. The average molecular weight is 591 g/mol. The predicted octanol–water partition coefficient (Wildman–Crippen LogP) is 4.70. The van der Waals surface area contributed by atoms with Crippen molar-refractivity contribution in [3.05, 3.63) is 78.0 Å². The monoisotopic (exact) mass is 590 g/mol. The third-order valence-electron chi connectivity index (χ3n) is 7.50. The Hall–Kier alpha value is -3.43. The summed E-state index contributed by atoms with van der Waals surface area (Å²) in [7, 11) is 0. The summed E-state index contributed by atoms with van der Waals surface area (Å²) >= 11 is 1.40. The highest BCUT2D eigenvalue weighted by molar-refractivity contribution is 8.15. The molecule has 3 atom stereocenters. The predicted molar refractivity (Wildman–Crippen MR) is 168 cm³/mol. The van der Waals surface area contributed by atoms with Gasteiger partial charge in [0, 0.05) is 23.8 Å². The van der Waals surface area contributed by atoms with Gasteiger partial charge < -0.3 is 15.3 Å². The first-order valence-electron chi connectivity index (χ1n) is 14.5. The number of carbonyl (C=O) groups excluding carboxylic acids is 3. The lowest BCUT2D eigenvalue weighted by atomic mass is 9.89. The normalized spacial score (nSPS) is 20.7. The number of amides is 3. The van der Waals surface area contributed by atoms with Gasteiger partial charge in [-0.3, -0.25) is 24.3 Å². The Bertz CT molecular complexity index is 1370. The average Bonchev–Trinajstić information content (AvgIpc) is 3.31. The molecule has 2 aliphatic rings. The standard InChI is InChI=1S/C33H42N4O4S/c1-21(2)28-30(40)37(26(25-16-12-9-13-17-25)19-36(28)29(39)22(3)4)27(18-24-14-10-8-11-15-24)33(41,35-23(5)38)31-34-20-32(6,7)42-31/h8-17,19,21-22,27-28,41H,18,20H2,1-7H3,(H,35,38)/t27-,28?,33?/m0/s1. The van der Waals surface area contributed by atoms with Gasteiger partial charge >= 0.3 is 0 Å². The van der Waals surface area contributed by atoms with Crippen LogP contribution in [0.25, 0.3) is 5.70 Å². The van der Waals surface area contributed by atoms with Crippen LogP contribution in [0.4, 0.5) is 0 Å². The number of carbonyl (C=O) groups is 3. The van der Waals surface area contributed by atoms with E-state index in [4.69, 9.17) is 4.99 Å². The van der Waals surface area contributed by atoms with Crippen LogP contribution in [-0.4, -0.2) is 66.8 Å². The summed E-state index contributed by atoms with van der Waals surface area (Å²) in [6.07, 6.45) is 1.96. The molecular weight excluding hydrogens is 548 g/mol. The second kappa shape index (κ2) is 12.4. The van der Waals surface area contributed by atoms with Crippen molar-refractivity contribution in [3.63, 3.8) is 0 Å². The van der Waals surface area contributed by atoms with Crippen LogP contribution >= 0.6 is 11.8 Å². The minimum atomic E-state index is -2.00. The lowest BCUT2D eigenvalue weighted by Crippen LogP contribution is -2.69. The van der Waals surface area contributed by atoms with Crippen LogP contribution in [0.1, 0.15) is 59.6 Å². The lowest BCUT2D eigenvalue weighted by Gasteiger charge is -2.49. The van der Waals surface area contributed by atoms with Crippen LogP contribution in [0.5, 0.6) is 0 Å². The molecule has 0 saturated carbocycles. The van der Waals surface area contributed by atoms with Gasteiger partial charge in [0.25, 0.3) is 5.91 Å². The quantitative estimate of drug-likeness (QED) is 0.413. The van der Waals surface area contributed by atoms with E-state index in [1.54, 1.807) is 16.0 Å². The molecule has 0 aromatic heterocycles. The Labute approximate surface area is 253 Å². The van der Waals surface area contributed by atoms with Gasteiger partial charge in [0.1, 0.15) is 11.1 Å². The van der Waals surface area contributed by atoms with Crippen molar-refractivity contribution in [2.45, 2.75) is 77.4 Å². The fourth-order valence-electron chi connectivity index (χ4n) is 5.50. The van der Waals surface area contributed by atoms with Crippen molar-refractivity contribution in [1.29, 1.82) is 0 Å². The van der Waals surface area contributed by atoms with E-state index in [9.17, 15) is 19.5 Å². The molecule has 0 saturated heterocycles. The van der Waals surface area contributed by atoms with Crippen molar-refractivity contribution >= 4 is 40.2 Å². The zero-order chi connectivity index (χ0) is 30.8. The number of nitrogens with zero attached hydrogens (tertiary/aromatic N) is 3. The third-order valence-corrected chi connectivity index (χ3v) is 8.81. The van der Waals surface area contributed by atoms with Crippen molar-refractivity contribution < 1.29 is 19.5 Å². The molecule has 2 aromatic carbocycles. The highest BCUT2D eigenvalue weighted by atomic mass is 32.2. The molecule has 2 aliphatic heterocycles. The first-order valence-corrected chi connectivity index (χ1v) is 15.3. The molecule has 8 nitrogen and oxygen atoms in total. The van der Waals surface area contributed by atoms with E-state index in [1.807, 2.05) is 102 Å². The Morgan fingerprint density at radius 3 is 2.17 bits per heavy atom. The number of hydrogen-bond acceptors (Lipinski definition) is 6. The second-order valence-electron chi connectivity index (χ2n) is 12.3. The summed E-state index contributed by atoms with van der Waals surface area (Å²) < 4.78 is -0.302. The van der Waals surface area contributed by atoms with Crippen molar-refractivity contribution in [1.82, 2.24) is 15.1 Å². The molecular formula is C33H42N4O4S. The second-order valence-corrected chi connectivity index (χ2v) is 14.0. The van der Waals surface area contributed by atoms with Gasteiger partial charge in [-0.15, -0.1) is 0 Å². The molecule has 2 aromatic rings. The van der Waals surface area contributed by atoms with Gasteiger partial charge in [-0.25, -0.2) is 0 Å². The maximum Gasteiger partial charge on any atom is 0.250 e. The maximum atomic E-state index is 14.8. The minimum absolute atomic E-state index is 0.163. The van der Waals surface area contributed by atoms with Gasteiger partial charge in [-0.2, -0.15) is 0 Å². The summed E-state index contributed by atoms with van der Waals surface area (Å²) in [6.45, 7) is 13.3. The fourth-order valence-corrected chi connectivity index (χ4v) is 6.63. The molecule has 2 unspecified atom stereocenters. The summed E-state index contributed by atoms with van der Waals surface area (Å²) in [5.41, 5.74) is 0.0458. The molecule has 0 bridgehead atoms. The van der Waals surface area contributed by atoms with Gasteiger partial charge in [0.05, 0.1) is 18.3 Å². The number of nitrogens with one attached hydrogen (secondary N) is 1. The van der Waals surface area contributed by atoms with Gasteiger partial charge in [0.15, 0.2) is 0 Å². The maximum absolute atomic E-state index is 14.8. The van der Waals surface area contributed by atoms with E-state index < -0.39 is 23.7 Å². The largest absolute Gasteiger partial charge is 0.364 e. The smallest absolute Gasteiger partial charge is 0.250 e. The molecule has 0 fully saturated rings. The first-order chi connectivity index (χ1) is 19.7. The van der Waals surface area contributed by atoms with E-state index in [2.05, 4.69) is 5.32 Å². The Balaban J connectivity index is 2.00. The van der Waals surface area contributed by atoms with Gasteiger partial charge in [-0.05, 0) is 37.3 Å². The van der Waals surface area contributed by atoms with E-state index >= 15 is 0 Å². The SMILES string of the molecule is CC(=O)NC(O)(C1=NCC(C)(C)S1)[C@H](Cc1ccccc1)N1C(=O)C(C(C)C)N(C(=O)C(C)C)C=C1c1ccccc1. The Morgan fingerprint density at radius 1 is 1.07 bits per heavy atom.